The molecule has 0 spiro atoms. The number of aromatic nitrogens is 1. The van der Waals surface area contributed by atoms with Gasteiger partial charge in [-0.15, -0.1) is 0 Å². The van der Waals surface area contributed by atoms with E-state index >= 15 is 0 Å². The maximum absolute atomic E-state index is 6.26. The van der Waals surface area contributed by atoms with Gasteiger partial charge in [0.05, 0.1) is 22.8 Å². The normalized spacial score (nSPS) is 21.7. The van der Waals surface area contributed by atoms with Crippen LogP contribution in [0.25, 0.3) is 22.6 Å². The van der Waals surface area contributed by atoms with Crippen LogP contribution in [0.1, 0.15) is 19.4 Å². The lowest BCUT2D eigenvalue weighted by atomic mass is 10.1. The predicted octanol–water partition coefficient (Wildman–Crippen LogP) is 4.76. The van der Waals surface area contributed by atoms with E-state index in [4.69, 9.17) is 20.8 Å². The summed E-state index contributed by atoms with van der Waals surface area (Å²) in [4.78, 5) is 7.06. The molecule has 0 radical (unpaired) electrons. The quantitative estimate of drug-likeness (QED) is 0.678. The first-order valence-corrected chi connectivity index (χ1v) is 8.98. The van der Waals surface area contributed by atoms with E-state index in [1.807, 2.05) is 30.3 Å². The Labute approximate surface area is 152 Å². The average Bonchev–Trinajstić information content (AvgIpc) is 2.97. The second-order valence-corrected chi connectivity index (χ2v) is 7.16. The van der Waals surface area contributed by atoms with Crippen LogP contribution in [0.4, 0.5) is 0 Å². The number of morpholine rings is 1. The fourth-order valence-corrected chi connectivity index (χ4v) is 3.71. The van der Waals surface area contributed by atoms with Gasteiger partial charge in [0.15, 0.2) is 5.58 Å². The lowest BCUT2D eigenvalue weighted by Gasteiger charge is -2.35. The molecule has 0 amide bonds. The molecule has 1 saturated heterocycles. The Balaban J connectivity index is 1.59. The van der Waals surface area contributed by atoms with Crippen molar-refractivity contribution in [1.82, 2.24) is 9.88 Å². The number of ether oxygens (including phenoxy) is 1. The largest absolute Gasteiger partial charge is 0.436 e. The van der Waals surface area contributed by atoms with Crippen LogP contribution in [0.5, 0.6) is 0 Å². The molecule has 4 nitrogen and oxygen atoms in total. The van der Waals surface area contributed by atoms with Crippen molar-refractivity contribution in [3.63, 3.8) is 0 Å². The highest BCUT2D eigenvalue weighted by atomic mass is 35.5. The van der Waals surface area contributed by atoms with Crippen molar-refractivity contribution in [2.75, 3.05) is 13.1 Å². The zero-order valence-corrected chi connectivity index (χ0v) is 15.2. The molecule has 0 aliphatic carbocycles. The molecule has 130 valence electrons. The van der Waals surface area contributed by atoms with Gasteiger partial charge < -0.3 is 9.15 Å². The Morgan fingerprint density at radius 1 is 1.12 bits per heavy atom. The van der Waals surface area contributed by atoms with Crippen molar-refractivity contribution in [3.8, 4) is 11.5 Å². The minimum Gasteiger partial charge on any atom is -0.436 e. The monoisotopic (exact) mass is 356 g/mol. The first-order chi connectivity index (χ1) is 12.1. The molecule has 25 heavy (non-hydrogen) atoms. The molecule has 2 unspecified atom stereocenters. The maximum Gasteiger partial charge on any atom is 0.228 e. The number of hydrogen-bond acceptors (Lipinski definition) is 4. The van der Waals surface area contributed by atoms with Crippen LogP contribution in [0.3, 0.4) is 0 Å². The molecule has 1 aliphatic heterocycles. The van der Waals surface area contributed by atoms with Crippen LogP contribution in [0.15, 0.2) is 46.9 Å². The molecule has 1 aromatic heterocycles. The topological polar surface area (TPSA) is 38.5 Å². The van der Waals surface area contributed by atoms with Crippen LogP contribution in [0, 0.1) is 0 Å². The number of fused-ring (bicyclic) bond motifs is 1. The van der Waals surface area contributed by atoms with Gasteiger partial charge in [-0.05, 0) is 43.7 Å². The zero-order chi connectivity index (χ0) is 17.4. The molecule has 1 fully saturated rings. The van der Waals surface area contributed by atoms with E-state index in [1.54, 1.807) is 0 Å². The van der Waals surface area contributed by atoms with Crippen molar-refractivity contribution in [1.29, 1.82) is 0 Å². The van der Waals surface area contributed by atoms with E-state index in [9.17, 15) is 0 Å². The van der Waals surface area contributed by atoms with Crippen molar-refractivity contribution < 1.29 is 9.15 Å². The molecular weight excluding hydrogens is 336 g/mol. The molecule has 2 aromatic carbocycles. The van der Waals surface area contributed by atoms with Crippen LogP contribution < -0.4 is 0 Å². The van der Waals surface area contributed by atoms with Gasteiger partial charge >= 0.3 is 0 Å². The third-order valence-electron chi connectivity index (χ3n) is 4.46. The van der Waals surface area contributed by atoms with Crippen molar-refractivity contribution in [2.24, 2.45) is 0 Å². The Hall–Kier alpha value is -1.88. The molecule has 0 bridgehead atoms. The summed E-state index contributed by atoms with van der Waals surface area (Å²) in [6.07, 6.45) is 0.540. The Bertz CT molecular complexity index is 882. The average molecular weight is 357 g/mol. The van der Waals surface area contributed by atoms with Crippen LogP contribution in [0.2, 0.25) is 5.02 Å². The summed E-state index contributed by atoms with van der Waals surface area (Å²) in [7, 11) is 0. The summed E-state index contributed by atoms with van der Waals surface area (Å²) < 4.78 is 11.7. The summed E-state index contributed by atoms with van der Waals surface area (Å²) in [6, 6.07) is 13.8. The molecule has 0 saturated carbocycles. The fourth-order valence-electron chi connectivity index (χ4n) is 3.49. The molecule has 4 rings (SSSR count). The smallest absolute Gasteiger partial charge is 0.228 e. The summed E-state index contributed by atoms with van der Waals surface area (Å²) in [5, 5.41) is 0.644. The van der Waals surface area contributed by atoms with E-state index in [0.29, 0.717) is 10.9 Å². The van der Waals surface area contributed by atoms with Crippen LogP contribution >= 0.6 is 11.6 Å². The minimum atomic E-state index is 0.270. The number of nitrogens with zero attached hydrogens (tertiary/aromatic N) is 2. The third kappa shape index (κ3) is 3.56. The van der Waals surface area contributed by atoms with E-state index in [-0.39, 0.29) is 12.2 Å². The summed E-state index contributed by atoms with van der Waals surface area (Å²) in [5.74, 6) is 0.561. The second-order valence-electron chi connectivity index (χ2n) is 6.75. The number of oxazole rings is 1. The fraction of sp³-hybridized carbons (Fsp3) is 0.350. The first kappa shape index (κ1) is 16.6. The molecule has 1 aliphatic rings. The Morgan fingerprint density at radius 2 is 1.88 bits per heavy atom. The highest BCUT2D eigenvalue weighted by Gasteiger charge is 2.22. The lowest BCUT2D eigenvalue weighted by molar-refractivity contribution is -0.0704. The summed E-state index contributed by atoms with van der Waals surface area (Å²) in [6.45, 7) is 7.04. The van der Waals surface area contributed by atoms with Crippen molar-refractivity contribution in [2.45, 2.75) is 32.6 Å². The van der Waals surface area contributed by atoms with Gasteiger partial charge in [0.25, 0.3) is 0 Å². The standard InChI is InChI=1S/C20H21ClN2O2/c1-13-10-23(11-14(2)24-13)12-15-7-8-19-18(9-15)22-20(25-19)16-5-3-4-6-17(16)21/h3-9,13-14H,10-12H2,1-2H3. The second kappa shape index (κ2) is 6.79. The van der Waals surface area contributed by atoms with E-state index < -0.39 is 0 Å². The van der Waals surface area contributed by atoms with E-state index in [0.717, 1.165) is 36.3 Å². The molecule has 5 heteroatoms. The van der Waals surface area contributed by atoms with E-state index in [2.05, 4.69) is 35.9 Å². The molecule has 2 atom stereocenters. The minimum absolute atomic E-state index is 0.270. The van der Waals surface area contributed by atoms with Crippen molar-refractivity contribution >= 4 is 22.7 Å². The number of halogens is 1. The van der Waals surface area contributed by atoms with Gasteiger partial charge in [0.1, 0.15) is 5.52 Å². The van der Waals surface area contributed by atoms with Gasteiger partial charge in [0, 0.05) is 19.6 Å². The molecule has 2 heterocycles. The van der Waals surface area contributed by atoms with Gasteiger partial charge in [-0.3, -0.25) is 4.90 Å². The number of benzene rings is 2. The summed E-state index contributed by atoms with van der Waals surface area (Å²) >= 11 is 6.26. The highest BCUT2D eigenvalue weighted by Crippen LogP contribution is 2.30. The Morgan fingerprint density at radius 3 is 2.64 bits per heavy atom. The predicted molar refractivity (Wildman–Crippen MR) is 99.7 cm³/mol. The van der Waals surface area contributed by atoms with Crippen molar-refractivity contribution in [3.05, 3.63) is 53.1 Å². The van der Waals surface area contributed by atoms with E-state index in [1.165, 1.54) is 5.56 Å². The number of hydrogen-bond donors (Lipinski definition) is 0. The van der Waals surface area contributed by atoms with Gasteiger partial charge in [-0.1, -0.05) is 29.8 Å². The van der Waals surface area contributed by atoms with Gasteiger partial charge in [0.2, 0.25) is 5.89 Å². The maximum atomic E-state index is 6.26. The molecule has 0 N–H and O–H groups in total. The Kier molecular flexibility index (Phi) is 4.50. The third-order valence-corrected chi connectivity index (χ3v) is 4.79. The summed E-state index contributed by atoms with van der Waals surface area (Å²) in [5.41, 5.74) is 3.69. The van der Waals surface area contributed by atoms with Gasteiger partial charge in [-0.25, -0.2) is 4.98 Å². The molecule has 3 aromatic rings. The zero-order valence-electron chi connectivity index (χ0n) is 14.4. The van der Waals surface area contributed by atoms with Gasteiger partial charge in [-0.2, -0.15) is 0 Å². The SMILES string of the molecule is CC1CN(Cc2ccc3oc(-c4ccccc4Cl)nc3c2)CC(C)O1. The van der Waals surface area contributed by atoms with Crippen LogP contribution in [-0.2, 0) is 11.3 Å². The number of rotatable bonds is 3. The first-order valence-electron chi connectivity index (χ1n) is 8.60. The van der Waals surface area contributed by atoms with Crippen LogP contribution in [-0.4, -0.2) is 35.2 Å². The lowest BCUT2D eigenvalue weighted by Crippen LogP contribution is -2.44. The highest BCUT2D eigenvalue weighted by molar-refractivity contribution is 6.33. The molecular formula is C20H21ClN2O2.